The molecule has 0 unspecified atom stereocenters. The van der Waals surface area contributed by atoms with Crippen LogP contribution in [-0.4, -0.2) is 36.0 Å². The molecule has 98 valence electrons. The first-order valence-electron chi connectivity index (χ1n) is 6.42. The maximum Gasteiger partial charge on any atom is 0.274 e. The van der Waals surface area contributed by atoms with Crippen molar-refractivity contribution < 1.29 is 4.92 Å². The van der Waals surface area contributed by atoms with Crippen LogP contribution in [0.5, 0.6) is 0 Å². The number of nitro groups is 1. The fraction of sp³-hybridized carbons (Fsp3) is 0.538. The summed E-state index contributed by atoms with van der Waals surface area (Å²) < 4.78 is 0. The predicted octanol–water partition coefficient (Wildman–Crippen LogP) is 1.95. The summed E-state index contributed by atoms with van der Waals surface area (Å²) in [6, 6.07) is 7.24. The topological polar surface area (TPSA) is 58.4 Å². The standard InChI is InChI=1S/C13H19N3O2/c1-2-12(15-9-7-14-8-10-15)11-5-3-4-6-13(11)16(17)18/h3-6,12,14H,2,7-10H2,1H3/t12-/m1/s1. The Morgan fingerprint density at radius 3 is 2.67 bits per heavy atom. The molecule has 0 amide bonds. The van der Waals surface area contributed by atoms with Crippen molar-refractivity contribution in [3.63, 3.8) is 0 Å². The molecular weight excluding hydrogens is 230 g/mol. The van der Waals surface area contributed by atoms with Gasteiger partial charge in [-0.1, -0.05) is 25.1 Å². The van der Waals surface area contributed by atoms with Crippen LogP contribution in [0, 0.1) is 10.1 Å². The average Bonchev–Trinajstić information content (AvgIpc) is 2.41. The van der Waals surface area contributed by atoms with Gasteiger partial charge in [-0.3, -0.25) is 15.0 Å². The molecule has 1 aliphatic rings. The van der Waals surface area contributed by atoms with Crippen LogP contribution < -0.4 is 5.32 Å². The van der Waals surface area contributed by atoms with E-state index in [1.807, 2.05) is 12.1 Å². The summed E-state index contributed by atoms with van der Waals surface area (Å²) in [5.41, 5.74) is 1.08. The summed E-state index contributed by atoms with van der Waals surface area (Å²) in [5, 5.41) is 14.4. The Labute approximate surface area is 107 Å². The molecule has 1 saturated heterocycles. The Kier molecular flexibility index (Phi) is 4.28. The second kappa shape index (κ2) is 5.93. The third-order valence-corrected chi connectivity index (χ3v) is 3.47. The van der Waals surface area contributed by atoms with Crippen LogP contribution in [0.25, 0.3) is 0 Å². The molecule has 1 aromatic rings. The molecule has 1 atom stereocenters. The Morgan fingerprint density at radius 2 is 2.06 bits per heavy atom. The van der Waals surface area contributed by atoms with E-state index in [9.17, 15) is 10.1 Å². The van der Waals surface area contributed by atoms with Crippen LogP contribution in [-0.2, 0) is 0 Å². The summed E-state index contributed by atoms with van der Waals surface area (Å²) in [6.07, 6.45) is 0.894. The van der Waals surface area contributed by atoms with Crippen molar-refractivity contribution >= 4 is 5.69 Å². The highest BCUT2D eigenvalue weighted by atomic mass is 16.6. The Morgan fingerprint density at radius 1 is 1.39 bits per heavy atom. The molecule has 0 aromatic heterocycles. The van der Waals surface area contributed by atoms with Crippen molar-refractivity contribution in [1.82, 2.24) is 10.2 Å². The van der Waals surface area contributed by atoms with Crippen LogP contribution in [0.4, 0.5) is 5.69 Å². The minimum Gasteiger partial charge on any atom is -0.314 e. The van der Waals surface area contributed by atoms with E-state index in [-0.39, 0.29) is 16.7 Å². The molecule has 2 rings (SSSR count). The number of rotatable bonds is 4. The molecule has 0 saturated carbocycles. The van der Waals surface area contributed by atoms with E-state index < -0.39 is 0 Å². The number of benzene rings is 1. The van der Waals surface area contributed by atoms with Crippen molar-refractivity contribution in [2.24, 2.45) is 0 Å². The zero-order chi connectivity index (χ0) is 13.0. The van der Waals surface area contributed by atoms with E-state index in [1.54, 1.807) is 12.1 Å². The van der Waals surface area contributed by atoms with Gasteiger partial charge in [0.15, 0.2) is 0 Å². The highest BCUT2D eigenvalue weighted by Gasteiger charge is 2.26. The second-order valence-corrected chi connectivity index (χ2v) is 4.53. The van der Waals surface area contributed by atoms with Gasteiger partial charge in [-0.2, -0.15) is 0 Å². The molecule has 1 heterocycles. The van der Waals surface area contributed by atoms with Crippen molar-refractivity contribution in [2.45, 2.75) is 19.4 Å². The molecule has 0 spiro atoms. The van der Waals surface area contributed by atoms with Gasteiger partial charge in [0.05, 0.1) is 4.92 Å². The van der Waals surface area contributed by atoms with Gasteiger partial charge < -0.3 is 5.32 Å². The Balaban J connectivity index is 2.28. The van der Waals surface area contributed by atoms with E-state index in [0.717, 1.165) is 38.2 Å². The van der Waals surface area contributed by atoms with E-state index >= 15 is 0 Å². The van der Waals surface area contributed by atoms with Crippen molar-refractivity contribution in [3.8, 4) is 0 Å². The van der Waals surface area contributed by atoms with Gasteiger partial charge in [0.2, 0.25) is 0 Å². The first-order chi connectivity index (χ1) is 8.74. The van der Waals surface area contributed by atoms with Crippen LogP contribution in [0.2, 0.25) is 0 Å². The minimum atomic E-state index is -0.278. The number of piperazine rings is 1. The zero-order valence-electron chi connectivity index (χ0n) is 10.6. The summed E-state index contributed by atoms with van der Waals surface area (Å²) in [5.74, 6) is 0. The highest BCUT2D eigenvalue weighted by Crippen LogP contribution is 2.31. The molecule has 1 aromatic carbocycles. The van der Waals surface area contributed by atoms with Gasteiger partial charge in [-0.05, 0) is 6.42 Å². The predicted molar refractivity (Wildman–Crippen MR) is 70.6 cm³/mol. The summed E-state index contributed by atoms with van der Waals surface area (Å²) in [6.45, 7) is 5.90. The smallest absolute Gasteiger partial charge is 0.274 e. The van der Waals surface area contributed by atoms with Crippen molar-refractivity contribution in [2.75, 3.05) is 26.2 Å². The lowest BCUT2D eigenvalue weighted by Gasteiger charge is -2.34. The third kappa shape index (κ3) is 2.68. The first-order valence-corrected chi connectivity index (χ1v) is 6.42. The number of para-hydroxylation sites is 1. The van der Waals surface area contributed by atoms with Crippen LogP contribution in [0.1, 0.15) is 24.9 Å². The summed E-state index contributed by atoms with van der Waals surface area (Å²) in [4.78, 5) is 13.2. The average molecular weight is 249 g/mol. The van der Waals surface area contributed by atoms with E-state index in [2.05, 4.69) is 17.1 Å². The highest BCUT2D eigenvalue weighted by molar-refractivity contribution is 5.42. The van der Waals surface area contributed by atoms with Gasteiger partial charge in [-0.15, -0.1) is 0 Å². The SMILES string of the molecule is CC[C@H](c1ccccc1[N+](=O)[O-])N1CCNCC1. The number of nitrogens with one attached hydrogen (secondary N) is 1. The molecule has 0 radical (unpaired) electrons. The lowest BCUT2D eigenvalue weighted by atomic mass is 10.00. The quantitative estimate of drug-likeness (QED) is 0.654. The Hall–Kier alpha value is -1.46. The molecular formula is C13H19N3O2. The molecule has 0 bridgehead atoms. The maximum absolute atomic E-state index is 11.1. The molecule has 18 heavy (non-hydrogen) atoms. The molecule has 1 fully saturated rings. The van der Waals surface area contributed by atoms with Gasteiger partial charge >= 0.3 is 0 Å². The number of hydrogen-bond acceptors (Lipinski definition) is 4. The molecule has 5 heteroatoms. The number of nitro benzene ring substituents is 1. The van der Waals surface area contributed by atoms with E-state index in [1.165, 1.54) is 0 Å². The molecule has 5 nitrogen and oxygen atoms in total. The van der Waals surface area contributed by atoms with E-state index in [0.29, 0.717) is 0 Å². The molecule has 1 aliphatic heterocycles. The Bertz CT molecular complexity index is 416. The summed E-state index contributed by atoms with van der Waals surface area (Å²) >= 11 is 0. The normalized spacial score (nSPS) is 18.5. The van der Waals surface area contributed by atoms with E-state index in [4.69, 9.17) is 0 Å². The fourth-order valence-electron chi connectivity index (χ4n) is 2.60. The monoisotopic (exact) mass is 249 g/mol. The maximum atomic E-state index is 11.1. The van der Waals surface area contributed by atoms with Crippen molar-refractivity contribution in [3.05, 3.63) is 39.9 Å². The number of hydrogen-bond donors (Lipinski definition) is 1. The minimum absolute atomic E-state index is 0.147. The number of nitrogens with zero attached hydrogens (tertiary/aromatic N) is 2. The summed E-state index contributed by atoms with van der Waals surface area (Å²) in [7, 11) is 0. The first kappa shape index (κ1) is 13.0. The third-order valence-electron chi connectivity index (χ3n) is 3.47. The molecule has 0 aliphatic carbocycles. The van der Waals surface area contributed by atoms with Crippen LogP contribution >= 0.6 is 0 Å². The lowest BCUT2D eigenvalue weighted by Crippen LogP contribution is -2.45. The molecule has 1 N–H and O–H groups in total. The largest absolute Gasteiger partial charge is 0.314 e. The fourth-order valence-corrected chi connectivity index (χ4v) is 2.60. The van der Waals surface area contributed by atoms with Crippen LogP contribution in [0.3, 0.4) is 0 Å². The lowest BCUT2D eigenvalue weighted by molar-refractivity contribution is -0.386. The van der Waals surface area contributed by atoms with Gasteiger partial charge in [0, 0.05) is 43.9 Å². The van der Waals surface area contributed by atoms with Gasteiger partial charge in [0.25, 0.3) is 5.69 Å². The second-order valence-electron chi connectivity index (χ2n) is 4.53. The van der Waals surface area contributed by atoms with Crippen LogP contribution in [0.15, 0.2) is 24.3 Å². The van der Waals surface area contributed by atoms with Gasteiger partial charge in [-0.25, -0.2) is 0 Å². The van der Waals surface area contributed by atoms with Gasteiger partial charge in [0.1, 0.15) is 0 Å². The van der Waals surface area contributed by atoms with Crippen molar-refractivity contribution in [1.29, 1.82) is 0 Å². The zero-order valence-corrected chi connectivity index (χ0v) is 10.6.